The highest BCUT2D eigenvalue weighted by atomic mass is 16.6. The molecule has 0 aliphatic heterocycles. The molecule has 0 atom stereocenters. The summed E-state index contributed by atoms with van der Waals surface area (Å²) in [5.41, 5.74) is 2.64. The first kappa shape index (κ1) is 15.1. The van der Waals surface area contributed by atoms with E-state index in [-0.39, 0.29) is 5.69 Å². The highest BCUT2D eigenvalue weighted by Crippen LogP contribution is 2.31. The van der Waals surface area contributed by atoms with Crippen LogP contribution >= 0.6 is 0 Å². The van der Waals surface area contributed by atoms with Crippen molar-refractivity contribution in [2.24, 2.45) is 0 Å². The van der Waals surface area contributed by atoms with Crippen molar-refractivity contribution < 1.29 is 9.34 Å². The quantitative estimate of drug-likeness (QED) is 0.410. The fraction of sp³-hybridized carbons (Fsp3) is 0.111. The zero-order valence-corrected chi connectivity index (χ0v) is 13.4. The Morgan fingerprint density at radius 1 is 1.08 bits per heavy atom. The Morgan fingerprint density at radius 3 is 2.52 bits per heavy atom. The molecular formula is C18H14N4O3. The van der Waals surface area contributed by atoms with Crippen molar-refractivity contribution in [3.8, 4) is 22.9 Å². The molecule has 4 rings (SSSR count). The highest BCUT2D eigenvalue weighted by molar-refractivity contribution is 5.94. The lowest BCUT2D eigenvalue weighted by atomic mass is 10.2. The molecule has 124 valence electrons. The van der Waals surface area contributed by atoms with Crippen LogP contribution in [0, 0.1) is 10.1 Å². The van der Waals surface area contributed by atoms with Crippen LogP contribution in [-0.4, -0.2) is 19.7 Å². The summed E-state index contributed by atoms with van der Waals surface area (Å²) < 4.78 is 7.94. The maximum atomic E-state index is 10.7. The average Bonchev–Trinajstić information content (AvgIpc) is 3.26. The monoisotopic (exact) mass is 334 g/mol. The Labute approximate surface area is 142 Å². The summed E-state index contributed by atoms with van der Waals surface area (Å²) in [5, 5.41) is 20.0. The van der Waals surface area contributed by atoms with E-state index in [0.29, 0.717) is 17.3 Å². The van der Waals surface area contributed by atoms with Crippen LogP contribution < -0.4 is 0 Å². The molecular weight excluding hydrogens is 320 g/mol. The van der Waals surface area contributed by atoms with E-state index in [2.05, 4.69) is 27.8 Å². The number of rotatable bonds is 4. The van der Waals surface area contributed by atoms with Gasteiger partial charge in [0.15, 0.2) is 0 Å². The lowest BCUT2D eigenvalue weighted by Crippen LogP contribution is -1.89. The van der Waals surface area contributed by atoms with Gasteiger partial charge in [-0.25, -0.2) is 0 Å². The maximum absolute atomic E-state index is 10.7. The number of hydrogen-bond donors (Lipinski definition) is 0. The fourth-order valence-corrected chi connectivity index (χ4v) is 2.85. The van der Waals surface area contributed by atoms with E-state index in [1.165, 1.54) is 12.1 Å². The molecule has 0 saturated heterocycles. The molecule has 0 aliphatic carbocycles. The molecule has 0 bridgehead atoms. The number of non-ortho nitro benzene ring substituents is 1. The van der Waals surface area contributed by atoms with E-state index in [9.17, 15) is 10.1 Å². The topological polar surface area (TPSA) is 87.0 Å². The molecule has 0 radical (unpaired) electrons. The molecule has 2 aromatic carbocycles. The second kappa shape index (κ2) is 5.86. The molecule has 0 N–H and O–H groups in total. The summed E-state index contributed by atoms with van der Waals surface area (Å²) in [7, 11) is 0. The summed E-state index contributed by atoms with van der Waals surface area (Å²) in [6, 6.07) is 14.1. The van der Waals surface area contributed by atoms with Crippen molar-refractivity contribution >= 4 is 16.6 Å². The average molecular weight is 334 g/mol. The number of nitro benzene ring substituents is 1. The maximum Gasteiger partial charge on any atom is 0.269 e. The summed E-state index contributed by atoms with van der Waals surface area (Å²) in [6.07, 6.45) is 2.00. The van der Waals surface area contributed by atoms with Crippen molar-refractivity contribution in [1.29, 1.82) is 0 Å². The summed E-state index contributed by atoms with van der Waals surface area (Å²) >= 11 is 0. The molecule has 0 amide bonds. The van der Waals surface area contributed by atoms with Crippen LogP contribution in [0.25, 0.3) is 33.8 Å². The van der Waals surface area contributed by atoms with Crippen LogP contribution in [0.1, 0.15) is 6.92 Å². The molecule has 0 unspecified atom stereocenters. The van der Waals surface area contributed by atoms with Crippen LogP contribution in [0.4, 0.5) is 5.69 Å². The molecule has 0 fully saturated rings. The number of nitro groups is 1. The number of para-hydroxylation sites is 1. The molecule has 2 aromatic heterocycles. The first-order valence-electron chi connectivity index (χ1n) is 7.84. The molecule has 0 spiro atoms. The van der Waals surface area contributed by atoms with Crippen LogP contribution in [0.2, 0.25) is 0 Å². The predicted octanol–water partition coefficient (Wildman–Crippen LogP) is 4.29. The van der Waals surface area contributed by atoms with Gasteiger partial charge in [0.05, 0.1) is 10.5 Å². The Morgan fingerprint density at radius 2 is 1.80 bits per heavy atom. The van der Waals surface area contributed by atoms with Gasteiger partial charge in [0.1, 0.15) is 0 Å². The normalized spacial score (nSPS) is 11.1. The third-order valence-corrected chi connectivity index (χ3v) is 4.11. The fourth-order valence-electron chi connectivity index (χ4n) is 2.85. The zero-order valence-electron chi connectivity index (χ0n) is 13.4. The summed E-state index contributed by atoms with van der Waals surface area (Å²) in [5.74, 6) is 0.759. The first-order chi connectivity index (χ1) is 12.2. The van der Waals surface area contributed by atoms with Crippen molar-refractivity contribution in [2.75, 3.05) is 0 Å². The van der Waals surface area contributed by atoms with Crippen molar-refractivity contribution in [3.05, 3.63) is 64.8 Å². The van der Waals surface area contributed by atoms with E-state index in [0.717, 1.165) is 23.0 Å². The highest BCUT2D eigenvalue weighted by Gasteiger charge is 2.16. The predicted molar refractivity (Wildman–Crippen MR) is 93.0 cm³/mol. The Kier molecular flexibility index (Phi) is 3.53. The lowest BCUT2D eigenvalue weighted by molar-refractivity contribution is -0.384. The first-order valence-corrected chi connectivity index (χ1v) is 7.84. The van der Waals surface area contributed by atoms with Gasteiger partial charge in [0.2, 0.25) is 11.8 Å². The Balaban J connectivity index is 1.76. The van der Waals surface area contributed by atoms with Gasteiger partial charge < -0.3 is 8.98 Å². The molecule has 7 nitrogen and oxygen atoms in total. The molecule has 4 aromatic rings. The standard InChI is InChI=1S/C18H14N4O3/c1-2-21-11-15(14-5-3-4-6-16(14)21)18-20-19-17(25-18)12-7-9-13(10-8-12)22(23)24/h3-11H,2H2,1H3. The number of nitrogens with zero attached hydrogens (tertiary/aromatic N) is 4. The second-order valence-electron chi connectivity index (χ2n) is 5.56. The van der Waals surface area contributed by atoms with Gasteiger partial charge >= 0.3 is 0 Å². The van der Waals surface area contributed by atoms with E-state index >= 15 is 0 Å². The minimum atomic E-state index is -0.442. The number of aromatic nitrogens is 3. The number of fused-ring (bicyclic) bond motifs is 1. The Bertz CT molecular complexity index is 1060. The van der Waals surface area contributed by atoms with Crippen LogP contribution in [0.5, 0.6) is 0 Å². The van der Waals surface area contributed by atoms with Gasteiger partial charge in [-0.15, -0.1) is 10.2 Å². The van der Waals surface area contributed by atoms with Crippen molar-refractivity contribution in [1.82, 2.24) is 14.8 Å². The SMILES string of the molecule is CCn1cc(-c2nnc(-c3ccc([N+](=O)[O-])cc3)o2)c2ccccc21. The molecule has 25 heavy (non-hydrogen) atoms. The van der Waals surface area contributed by atoms with Crippen LogP contribution in [-0.2, 0) is 6.54 Å². The van der Waals surface area contributed by atoms with Crippen LogP contribution in [0.3, 0.4) is 0 Å². The van der Waals surface area contributed by atoms with Gasteiger partial charge in [0, 0.05) is 41.3 Å². The van der Waals surface area contributed by atoms with Gasteiger partial charge in [0.25, 0.3) is 5.69 Å². The number of hydrogen-bond acceptors (Lipinski definition) is 5. The third-order valence-electron chi connectivity index (χ3n) is 4.11. The largest absolute Gasteiger partial charge is 0.416 e. The smallest absolute Gasteiger partial charge is 0.269 e. The lowest BCUT2D eigenvalue weighted by Gasteiger charge is -1.97. The van der Waals surface area contributed by atoms with E-state index < -0.39 is 4.92 Å². The zero-order chi connectivity index (χ0) is 17.4. The minimum Gasteiger partial charge on any atom is -0.416 e. The van der Waals surface area contributed by atoms with Gasteiger partial charge in [-0.3, -0.25) is 10.1 Å². The van der Waals surface area contributed by atoms with Crippen LogP contribution in [0.15, 0.2) is 59.1 Å². The molecule has 7 heteroatoms. The van der Waals surface area contributed by atoms with E-state index in [1.807, 2.05) is 24.4 Å². The second-order valence-corrected chi connectivity index (χ2v) is 5.56. The number of benzene rings is 2. The molecule has 0 saturated carbocycles. The number of aryl methyl sites for hydroxylation is 1. The van der Waals surface area contributed by atoms with Gasteiger partial charge in [-0.1, -0.05) is 18.2 Å². The summed E-state index contributed by atoms with van der Waals surface area (Å²) in [6.45, 7) is 2.91. The van der Waals surface area contributed by atoms with Gasteiger partial charge in [-0.2, -0.15) is 0 Å². The van der Waals surface area contributed by atoms with Crippen molar-refractivity contribution in [3.63, 3.8) is 0 Å². The van der Waals surface area contributed by atoms with Gasteiger partial charge in [-0.05, 0) is 25.1 Å². The third kappa shape index (κ3) is 2.55. The molecule has 2 heterocycles. The molecule has 0 aliphatic rings. The summed E-state index contributed by atoms with van der Waals surface area (Å²) in [4.78, 5) is 10.3. The Hall–Kier alpha value is -3.48. The van der Waals surface area contributed by atoms with E-state index in [1.54, 1.807) is 12.1 Å². The minimum absolute atomic E-state index is 0.0227. The van der Waals surface area contributed by atoms with Crippen molar-refractivity contribution in [2.45, 2.75) is 13.5 Å². The van der Waals surface area contributed by atoms with E-state index in [4.69, 9.17) is 4.42 Å².